The van der Waals surface area contributed by atoms with Gasteiger partial charge >= 0.3 is 6.18 Å². The van der Waals surface area contributed by atoms with Crippen molar-refractivity contribution in [2.45, 2.75) is 44.8 Å². The van der Waals surface area contributed by atoms with E-state index in [0.29, 0.717) is 17.4 Å². The Labute approximate surface area is 188 Å². The minimum Gasteiger partial charge on any atom is -0.348 e. The van der Waals surface area contributed by atoms with Gasteiger partial charge in [0.05, 0.1) is 11.9 Å². The summed E-state index contributed by atoms with van der Waals surface area (Å²) in [5, 5.41) is 11.2. The van der Waals surface area contributed by atoms with Crippen molar-refractivity contribution in [3.05, 3.63) is 42.1 Å². The highest BCUT2D eigenvalue weighted by Gasteiger charge is 2.42. The van der Waals surface area contributed by atoms with Gasteiger partial charge in [-0.15, -0.1) is 0 Å². The first-order valence-corrected chi connectivity index (χ1v) is 11.0. The van der Waals surface area contributed by atoms with Crippen LogP contribution in [0.3, 0.4) is 0 Å². The molecule has 174 valence electrons. The maximum absolute atomic E-state index is 13.5. The van der Waals surface area contributed by atoms with Crippen LogP contribution in [0, 0.1) is 17.8 Å². The zero-order chi connectivity index (χ0) is 23.3. The topological polar surface area (TPSA) is 90.5 Å². The molecule has 2 saturated carbocycles. The second-order valence-electron chi connectivity index (χ2n) is 9.09. The normalized spacial score (nSPS) is 23.1. The number of fused-ring (bicyclic) bond motifs is 2. The Morgan fingerprint density at radius 2 is 2.06 bits per heavy atom. The van der Waals surface area contributed by atoms with Crippen molar-refractivity contribution in [3.8, 4) is 17.2 Å². The number of hydrogen-bond donors (Lipinski definition) is 1. The van der Waals surface area contributed by atoms with Crippen LogP contribution >= 0.6 is 0 Å². The number of aryl methyl sites for hydroxylation is 1. The number of hydrogen-bond acceptors (Lipinski definition) is 5. The zero-order valence-electron chi connectivity index (χ0n) is 18.3. The number of carbonyl (C=O) groups is 1. The molecule has 0 spiro atoms. The van der Waals surface area contributed by atoms with Gasteiger partial charge in [-0.25, -0.2) is 14.6 Å². The molecule has 8 nitrogen and oxygen atoms in total. The van der Waals surface area contributed by atoms with Crippen LogP contribution in [0.4, 0.5) is 13.2 Å². The highest BCUT2D eigenvalue weighted by molar-refractivity contribution is 5.92. The van der Waals surface area contributed by atoms with Crippen LogP contribution in [0.25, 0.3) is 17.2 Å². The Morgan fingerprint density at radius 1 is 1.24 bits per heavy atom. The summed E-state index contributed by atoms with van der Waals surface area (Å²) in [6, 6.07) is 2.34. The van der Waals surface area contributed by atoms with Gasteiger partial charge in [0.25, 0.3) is 11.9 Å². The molecule has 1 amide bonds. The van der Waals surface area contributed by atoms with Gasteiger partial charge in [-0.1, -0.05) is 6.42 Å². The van der Waals surface area contributed by atoms with Gasteiger partial charge in [-0.3, -0.25) is 9.48 Å². The smallest absolute Gasteiger partial charge is 0.348 e. The summed E-state index contributed by atoms with van der Waals surface area (Å²) in [4.78, 5) is 20.6. The van der Waals surface area contributed by atoms with Crippen molar-refractivity contribution in [1.82, 2.24) is 34.8 Å². The molecule has 33 heavy (non-hydrogen) atoms. The molecule has 2 aliphatic rings. The van der Waals surface area contributed by atoms with E-state index < -0.39 is 11.9 Å². The molecule has 0 saturated heterocycles. The summed E-state index contributed by atoms with van der Waals surface area (Å²) < 4.78 is 43.0. The summed E-state index contributed by atoms with van der Waals surface area (Å²) >= 11 is 0. The molecule has 2 aliphatic carbocycles. The zero-order valence-corrected chi connectivity index (χ0v) is 18.3. The standard InChI is InChI=1S/C22H24F3N7O/c1-12(16-8-13-3-4-14(16)7-13)27-20(33)17-5-6-32(30-17)21-28-18(15-10-26-31(2)11-15)9-19(29-21)22(23,24)25/h5-6,9-14,16H,3-4,7-8H2,1-2H3,(H,27,33)/t12-,13+,14+,16-/m1/s1. The second kappa shape index (κ2) is 7.96. The second-order valence-corrected chi connectivity index (χ2v) is 9.09. The fourth-order valence-corrected chi connectivity index (χ4v) is 5.23. The summed E-state index contributed by atoms with van der Waals surface area (Å²) in [6.45, 7) is 2.01. The predicted octanol–water partition coefficient (Wildman–Crippen LogP) is 3.64. The molecule has 3 aromatic heterocycles. The molecule has 0 aromatic carbocycles. The molecule has 0 aliphatic heterocycles. The Kier molecular flexibility index (Phi) is 5.21. The molecule has 4 atom stereocenters. The van der Waals surface area contributed by atoms with E-state index in [4.69, 9.17) is 0 Å². The predicted molar refractivity (Wildman–Crippen MR) is 112 cm³/mol. The fraction of sp³-hybridized carbons (Fsp3) is 0.500. The molecular formula is C22H24F3N7O. The quantitative estimate of drug-likeness (QED) is 0.629. The number of alkyl halides is 3. The monoisotopic (exact) mass is 459 g/mol. The summed E-state index contributed by atoms with van der Waals surface area (Å²) in [6.07, 6.45) is 4.58. The number of nitrogens with one attached hydrogen (secondary N) is 1. The highest BCUT2D eigenvalue weighted by atomic mass is 19.4. The highest BCUT2D eigenvalue weighted by Crippen LogP contribution is 2.49. The van der Waals surface area contributed by atoms with E-state index in [1.165, 1.54) is 42.4 Å². The van der Waals surface area contributed by atoms with Crippen LogP contribution < -0.4 is 5.32 Å². The van der Waals surface area contributed by atoms with E-state index in [2.05, 4.69) is 25.5 Å². The van der Waals surface area contributed by atoms with Gasteiger partial charge in [0.15, 0.2) is 11.4 Å². The summed E-state index contributed by atoms with van der Waals surface area (Å²) in [5.41, 5.74) is -0.519. The third-order valence-electron chi connectivity index (χ3n) is 6.83. The minimum absolute atomic E-state index is 0.0138. The molecule has 3 aromatic rings. The van der Waals surface area contributed by atoms with E-state index in [1.807, 2.05) is 6.92 Å². The first-order chi connectivity index (χ1) is 15.7. The maximum atomic E-state index is 13.5. The van der Waals surface area contributed by atoms with Crippen molar-refractivity contribution in [3.63, 3.8) is 0 Å². The van der Waals surface area contributed by atoms with Gasteiger partial charge in [0, 0.05) is 31.0 Å². The summed E-state index contributed by atoms with van der Waals surface area (Å²) in [5.74, 6) is 1.26. The van der Waals surface area contributed by atoms with Gasteiger partial charge in [0.2, 0.25) is 0 Å². The molecule has 3 heterocycles. The Morgan fingerprint density at radius 3 is 2.70 bits per heavy atom. The van der Waals surface area contributed by atoms with E-state index in [1.54, 1.807) is 13.2 Å². The average molecular weight is 459 g/mol. The number of amides is 1. The molecule has 2 bridgehead atoms. The van der Waals surface area contributed by atoms with Crippen LogP contribution in [0.5, 0.6) is 0 Å². The first-order valence-electron chi connectivity index (χ1n) is 11.0. The Bertz CT molecular complexity index is 1180. The number of nitrogens with zero attached hydrogens (tertiary/aromatic N) is 6. The van der Waals surface area contributed by atoms with Gasteiger partial charge in [-0.05, 0) is 56.1 Å². The molecule has 11 heteroatoms. The first kappa shape index (κ1) is 21.6. The molecule has 0 unspecified atom stereocenters. The molecular weight excluding hydrogens is 435 g/mol. The van der Waals surface area contributed by atoms with E-state index >= 15 is 0 Å². The number of halogens is 3. The SMILES string of the molecule is C[C@@H](NC(=O)c1ccn(-c2nc(-c3cnn(C)c3)cc(C(F)(F)F)n2)n1)[C@H]1C[C@H]2CC[C@H]1C2. The molecule has 5 rings (SSSR count). The third kappa shape index (κ3) is 4.23. The Balaban J connectivity index is 1.39. The lowest BCUT2D eigenvalue weighted by Crippen LogP contribution is -2.40. The fourth-order valence-electron chi connectivity index (χ4n) is 5.23. The van der Waals surface area contributed by atoms with Crippen LogP contribution in [-0.2, 0) is 13.2 Å². The van der Waals surface area contributed by atoms with Gasteiger partial charge < -0.3 is 5.32 Å². The van der Waals surface area contributed by atoms with Crippen molar-refractivity contribution in [1.29, 1.82) is 0 Å². The van der Waals surface area contributed by atoms with Crippen LogP contribution in [-0.4, -0.2) is 41.5 Å². The number of carbonyl (C=O) groups excluding carboxylic acids is 1. The van der Waals surface area contributed by atoms with E-state index in [0.717, 1.165) is 23.1 Å². The van der Waals surface area contributed by atoms with E-state index in [9.17, 15) is 18.0 Å². The maximum Gasteiger partial charge on any atom is 0.433 e. The van der Waals surface area contributed by atoms with Crippen LogP contribution in [0.15, 0.2) is 30.7 Å². The lowest BCUT2D eigenvalue weighted by Gasteiger charge is -2.28. The third-order valence-corrected chi connectivity index (χ3v) is 6.83. The van der Waals surface area contributed by atoms with Crippen LogP contribution in [0.1, 0.15) is 48.8 Å². The van der Waals surface area contributed by atoms with Crippen LogP contribution in [0.2, 0.25) is 0 Å². The average Bonchev–Trinajstić information content (AvgIpc) is 3.56. The number of aromatic nitrogens is 6. The lowest BCUT2D eigenvalue weighted by molar-refractivity contribution is -0.141. The molecule has 2 fully saturated rings. The van der Waals surface area contributed by atoms with Crippen molar-refractivity contribution in [2.24, 2.45) is 24.8 Å². The lowest BCUT2D eigenvalue weighted by atomic mass is 9.84. The summed E-state index contributed by atoms with van der Waals surface area (Å²) in [7, 11) is 1.66. The largest absolute Gasteiger partial charge is 0.433 e. The van der Waals surface area contributed by atoms with Crippen molar-refractivity contribution in [2.75, 3.05) is 0 Å². The Hall–Kier alpha value is -3.24. The molecule has 0 radical (unpaired) electrons. The van der Waals surface area contributed by atoms with Gasteiger partial charge in [0.1, 0.15) is 0 Å². The number of rotatable bonds is 5. The van der Waals surface area contributed by atoms with Crippen molar-refractivity contribution < 1.29 is 18.0 Å². The molecule has 1 N–H and O–H groups in total. The van der Waals surface area contributed by atoms with Crippen molar-refractivity contribution >= 4 is 5.91 Å². The van der Waals surface area contributed by atoms with E-state index in [-0.39, 0.29) is 29.3 Å². The minimum atomic E-state index is -4.67. The van der Waals surface area contributed by atoms with Gasteiger partial charge in [-0.2, -0.15) is 23.4 Å².